The number of nitrogens with two attached hydrogens (primary N) is 1. The highest BCUT2D eigenvalue weighted by Gasteiger charge is 2.14. The van der Waals surface area contributed by atoms with Crippen LogP contribution in [-0.4, -0.2) is 17.0 Å². The van der Waals surface area contributed by atoms with Crippen LogP contribution < -0.4 is 11.1 Å². The van der Waals surface area contributed by atoms with Crippen LogP contribution in [0.5, 0.6) is 0 Å². The number of nitrogens with zero attached hydrogens (tertiary/aromatic N) is 2. The van der Waals surface area contributed by atoms with E-state index in [0.29, 0.717) is 18.5 Å². The average molecular weight is 224 g/mol. The van der Waals surface area contributed by atoms with Crippen LogP contribution in [0, 0.1) is 0 Å². The van der Waals surface area contributed by atoms with Gasteiger partial charge in [-0.25, -0.2) is 4.99 Å². The normalized spacial score (nSPS) is 18.3. The van der Waals surface area contributed by atoms with Gasteiger partial charge in [0.25, 0.3) is 0 Å². The van der Waals surface area contributed by atoms with Crippen LogP contribution in [0.2, 0.25) is 0 Å². The van der Waals surface area contributed by atoms with E-state index in [2.05, 4.69) is 15.3 Å². The second kappa shape index (κ2) is 5.11. The maximum absolute atomic E-state index is 5.79. The first-order valence-electron chi connectivity index (χ1n) is 5.28. The Bertz CT molecular complexity index is 314. The first-order chi connectivity index (χ1) is 7.34. The van der Waals surface area contributed by atoms with Crippen molar-refractivity contribution in [1.29, 1.82) is 0 Å². The monoisotopic (exact) mass is 224 g/mol. The zero-order valence-corrected chi connectivity index (χ0v) is 9.46. The minimum Gasteiger partial charge on any atom is -0.370 e. The van der Waals surface area contributed by atoms with Crippen molar-refractivity contribution in [3.63, 3.8) is 0 Å². The summed E-state index contributed by atoms with van der Waals surface area (Å²) in [6, 6.07) is 0.537. The number of nitrogens with one attached hydrogen (secondary N) is 1. The van der Waals surface area contributed by atoms with E-state index < -0.39 is 0 Å². The summed E-state index contributed by atoms with van der Waals surface area (Å²) in [6.07, 6.45) is 6.88. The molecule has 0 aliphatic heterocycles. The van der Waals surface area contributed by atoms with Crippen LogP contribution in [0.15, 0.2) is 16.7 Å². The Morgan fingerprint density at radius 2 is 2.40 bits per heavy atom. The summed E-state index contributed by atoms with van der Waals surface area (Å²) in [5.41, 5.74) is 7.60. The lowest BCUT2D eigenvalue weighted by molar-refractivity contribution is 0.625. The molecule has 0 atom stereocenters. The zero-order valence-electron chi connectivity index (χ0n) is 8.65. The Hall–Kier alpha value is -1.10. The molecule has 1 aliphatic rings. The van der Waals surface area contributed by atoms with E-state index in [1.54, 1.807) is 11.3 Å². The molecule has 15 heavy (non-hydrogen) atoms. The van der Waals surface area contributed by atoms with Gasteiger partial charge < -0.3 is 11.1 Å². The molecule has 2 rings (SSSR count). The molecule has 0 bridgehead atoms. The van der Waals surface area contributed by atoms with E-state index >= 15 is 0 Å². The van der Waals surface area contributed by atoms with Crippen molar-refractivity contribution >= 4 is 17.3 Å². The molecule has 0 amide bonds. The number of hydrogen-bond donors (Lipinski definition) is 2. The Labute approximate surface area is 93.6 Å². The first kappa shape index (κ1) is 10.4. The van der Waals surface area contributed by atoms with Gasteiger partial charge in [-0.1, -0.05) is 12.8 Å². The standard InChI is InChI=1S/C10H16N4S/c11-10(14-8-3-1-2-4-8)13-6-9-5-12-7-15-9/h5,7-8H,1-4,6H2,(H3,11,13,14). The largest absolute Gasteiger partial charge is 0.370 e. The van der Waals surface area contributed by atoms with Gasteiger partial charge in [-0.2, -0.15) is 0 Å². The lowest BCUT2D eigenvalue weighted by Crippen LogP contribution is -2.38. The molecule has 1 aromatic heterocycles. The summed E-state index contributed by atoms with van der Waals surface area (Å²) in [6.45, 7) is 0.635. The summed E-state index contributed by atoms with van der Waals surface area (Å²) in [5, 5.41) is 3.25. The smallest absolute Gasteiger partial charge is 0.189 e. The van der Waals surface area contributed by atoms with Crippen molar-refractivity contribution in [2.75, 3.05) is 0 Å². The van der Waals surface area contributed by atoms with E-state index in [4.69, 9.17) is 5.73 Å². The Morgan fingerprint density at radius 1 is 1.60 bits per heavy atom. The molecule has 1 fully saturated rings. The minimum atomic E-state index is 0.537. The number of thiazole rings is 1. The Morgan fingerprint density at radius 3 is 3.07 bits per heavy atom. The van der Waals surface area contributed by atoms with E-state index in [1.165, 1.54) is 25.7 Å². The maximum Gasteiger partial charge on any atom is 0.189 e. The molecule has 0 aromatic carbocycles. The average Bonchev–Trinajstić information content (AvgIpc) is 2.86. The molecule has 5 heteroatoms. The number of aromatic nitrogens is 1. The second-order valence-corrected chi connectivity index (χ2v) is 4.77. The Kier molecular flexibility index (Phi) is 3.55. The fourth-order valence-corrected chi connectivity index (χ4v) is 2.33. The topological polar surface area (TPSA) is 63.3 Å². The SMILES string of the molecule is NC(=NCc1cncs1)NC1CCCC1. The number of aliphatic imine (C=N–C) groups is 1. The minimum absolute atomic E-state index is 0.537. The highest BCUT2D eigenvalue weighted by molar-refractivity contribution is 7.09. The van der Waals surface area contributed by atoms with Crippen molar-refractivity contribution in [2.24, 2.45) is 10.7 Å². The van der Waals surface area contributed by atoms with Crippen molar-refractivity contribution < 1.29 is 0 Å². The van der Waals surface area contributed by atoms with Crippen molar-refractivity contribution in [2.45, 2.75) is 38.3 Å². The second-order valence-electron chi connectivity index (χ2n) is 3.79. The molecule has 1 aromatic rings. The molecule has 0 unspecified atom stereocenters. The summed E-state index contributed by atoms with van der Waals surface area (Å²) >= 11 is 1.61. The third-order valence-electron chi connectivity index (χ3n) is 2.60. The van der Waals surface area contributed by atoms with Gasteiger partial charge in [-0.05, 0) is 12.8 Å². The third kappa shape index (κ3) is 3.20. The van der Waals surface area contributed by atoms with E-state index in [0.717, 1.165) is 4.88 Å². The molecule has 0 spiro atoms. The lowest BCUT2D eigenvalue weighted by atomic mass is 10.2. The highest BCUT2D eigenvalue weighted by Crippen LogP contribution is 2.17. The van der Waals surface area contributed by atoms with Gasteiger partial charge in [0.2, 0.25) is 0 Å². The van der Waals surface area contributed by atoms with Gasteiger partial charge in [-0.3, -0.25) is 4.98 Å². The number of rotatable bonds is 3. The molecule has 1 saturated carbocycles. The van der Waals surface area contributed by atoms with E-state index in [-0.39, 0.29) is 0 Å². The third-order valence-corrected chi connectivity index (χ3v) is 3.36. The van der Waals surface area contributed by atoms with Crippen LogP contribution in [0.3, 0.4) is 0 Å². The molecule has 1 aliphatic carbocycles. The highest BCUT2D eigenvalue weighted by atomic mass is 32.1. The van der Waals surface area contributed by atoms with Gasteiger partial charge >= 0.3 is 0 Å². The molecule has 82 valence electrons. The fraction of sp³-hybridized carbons (Fsp3) is 0.600. The van der Waals surface area contributed by atoms with Gasteiger partial charge in [0.1, 0.15) is 0 Å². The predicted octanol–water partition coefficient (Wildman–Crippen LogP) is 1.49. The summed E-state index contributed by atoms with van der Waals surface area (Å²) in [5.74, 6) is 0.565. The van der Waals surface area contributed by atoms with Crippen molar-refractivity contribution in [1.82, 2.24) is 10.3 Å². The van der Waals surface area contributed by atoms with Crippen LogP contribution in [0.4, 0.5) is 0 Å². The zero-order chi connectivity index (χ0) is 10.5. The summed E-state index contributed by atoms with van der Waals surface area (Å²) in [4.78, 5) is 9.42. The van der Waals surface area contributed by atoms with Gasteiger partial charge in [0.05, 0.1) is 12.1 Å². The molecule has 4 nitrogen and oxygen atoms in total. The molecule has 1 heterocycles. The van der Waals surface area contributed by atoms with Crippen LogP contribution >= 0.6 is 11.3 Å². The molecule has 0 saturated heterocycles. The summed E-state index contributed by atoms with van der Waals surface area (Å²) < 4.78 is 0. The lowest BCUT2D eigenvalue weighted by Gasteiger charge is -2.11. The van der Waals surface area contributed by atoms with Gasteiger partial charge in [-0.15, -0.1) is 11.3 Å². The fourth-order valence-electron chi connectivity index (χ4n) is 1.81. The van der Waals surface area contributed by atoms with E-state index in [9.17, 15) is 0 Å². The molecular formula is C10H16N4S. The van der Waals surface area contributed by atoms with Gasteiger partial charge in [0, 0.05) is 17.1 Å². The maximum atomic E-state index is 5.79. The quantitative estimate of drug-likeness (QED) is 0.604. The summed E-state index contributed by atoms with van der Waals surface area (Å²) in [7, 11) is 0. The van der Waals surface area contributed by atoms with Gasteiger partial charge in [0.15, 0.2) is 5.96 Å². The first-order valence-corrected chi connectivity index (χ1v) is 6.16. The molecule has 0 radical (unpaired) electrons. The molecular weight excluding hydrogens is 208 g/mol. The predicted molar refractivity (Wildman–Crippen MR) is 62.8 cm³/mol. The molecule has 3 N–H and O–H groups in total. The Balaban J connectivity index is 1.79. The van der Waals surface area contributed by atoms with Crippen LogP contribution in [0.1, 0.15) is 30.6 Å². The van der Waals surface area contributed by atoms with Crippen molar-refractivity contribution in [3.05, 3.63) is 16.6 Å². The number of hydrogen-bond acceptors (Lipinski definition) is 3. The van der Waals surface area contributed by atoms with Crippen LogP contribution in [-0.2, 0) is 6.54 Å². The van der Waals surface area contributed by atoms with Crippen molar-refractivity contribution in [3.8, 4) is 0 Å². The van der Waals surface area contributed by atoms with E-state index in [1.807, 2.05) is 11.7 Å². The number of guanidine groups is 1. The van der Waals surface area contributed by atoms with Crippen LogP contribution in [0.25, 0.3) is 0 Å².